The van der Waals surface area contributed by atoms with E-state index in [2.05, 4.69) is 10.3 Å². The van der Waals surface area contributed by atoms with E-state index in [9.17, 15) is 4.79 Å². The highest BCUT2D eigenvalue weighted by Gasteiger charge is 2.13. The largest absolute Gasteiger partial charge is 0.495 e. The Morgan fingerprint density at radius 2 is 1.92 bits per heavy atom. The van der Waals surface area contributed by atoms with Gasteiger partial charge in [-0.25, -0.2) is 4.98 Å². The summed E-state index contributed by atoms with van der Waals surface area (Å²) in [5.74, 6) is 0.759. The zero-order chi connectivity index (χ0) is 17.6. The van der Waals surface area contributed by atoms with Crippen molar-refractivity contribution in [3.63, 3.8) is 0 Å². The van der Waals surface area contributed by atoms with Crippen molar-refractivity contribution >= 4 is 39.7 Å². The van der Waals surface area contributed by atoms with Crippen LogP contribution in [0.5, 0.6) is 5.75 Å². The van der Waals surface area contributed by atoms with E-state index in [1.54, 1.807) is 19.2 Å². The molecule has 3 rings (SSSR count). The molecule has 0 spiro atoms. The van der Waals surface area contributed by atoms with Crippen LogP contribution in [-0.4, -0.2) is 23.8 Å². The lowest BCUT2D eigenvalue weighted by Crippen LogP contribution is -2.14. The fourth-order valence-corrected chi connectivity index (χ4v) is 3.99. The van der Waals surface area contributed by atoms with Gasteiger partial charge >= 0.3 is 0 Å². The first-order chi connectivity index (χ1) is 12.2. The van der Waals surface area contributed by atoms with Crippen molar-refractivity contribution in [3.8, 4) is 17.0 Å². The smallest absolute Gasteiger partial charge is 0.234 e. The van der Waals surface area contributed by atoms with Crippen molar-refractivity contribution in [1.82, 2.24) is 4.98 Å². The molecule has 7 heteroatoms. The number of thiazole rings is 1. The highest BCUT2D eigenvalue weighted by atomic mass is 32.2. The van der Waals surface area contributed by atoms with Gasteiger partial charge in [-0.2, -0.15) is 0 Å². The first-order valence-corrected chi connectivity index (χ1v) is 9.35. The van der Waals surface area contributed by atoms with Crippen LogP contribution in [0.15, 0.2) is 58.9 Å². The van der Waals surface area contributed by atoms with Gasteiger partial charge in [0.25, 0.3) is 0 Å². The minimum absolute atomic E-state index is 0.121. The zero-order valence-corrected chi connectivity index (χ0v) is 15.2. The van der Waals surface area contributed by atoms with Gasteiger partial charge in [0.2, 0.25) is 5.91 Å². The first-order valence-electron chi connectivity index (χ1n) is 7.55. The standard InChI is InChI=1S/C18H17N3O2S2/c1-23-14-10-6-5-9-13(14)20-15(22)11-24-18-21-16(17(19)25-18)12-7-3-2-4-8-12/h2-10H,11,19H2,1H3,(H,20,22). The Morgan fingerprint density at radius 3 is 2.68 bits per heavy atom. The quantitative estimate of drug-likeness (QED) is 0.637. The second kappa shape index (κ2) is 8.04. The van der Waals surface area contributed by atoms with Gasteiger partial charge in [0.05, 0.1) is 18.6 Å². The van der Waals surface area contributed by atoms with E-state index in [-0.39, 0.29) is 11.7 Å². The van der Waals surface area contributed by atoms with E-state index < -0.39 is 0 Å². The molecule has 0 fully saturated rings. The maximum atomic E-state index is 12.2. The number of nitrogens with two attached hydrogens (primary N) is 1. The molecule has 1 aromatic heterocycles. The fourth-order valence-electron chi connectivity index (χ4n) is 2.24. The molecule has 0 aliphatic heterocycles. The average Bonchev–Trinajstić information content (AvgIpc) is 3.02. The van der Waals surface area contributed by atoms with Crippen molar-refractivity contribution in [2.24, 2.45) is 0 Å². The molecule has 0 saturated heterocycles. The monoisotopic (exact) mass is 371 g/mol. The lowest BCUT2D eigenvalue weighted by atomic mass is 10.2. The third-order valence-corrected chi connectivity index (χ3v) is 5.42. The number of rotatable bonds is 6. The summed E-state index contributed by atoms with van der Waals surface area (Å²) in [5, 5.41) is 3.50. The molecule has 3 aromatic rings. The molecular formula is C18H17N3O2S2. The van der Waals surface area contributed by atoms with E-state index in [1.807, 2.05) is 42.5 Å². The van der Waals surface area contributed by atoms with Gasteiger partial charge in [-0.3, -0.25) is 4.79 Å². The summed E-state index contributed by atoms with van der Waals surface area (Å²) in [7, 11) is 1.57. The number of benzene rings is 2. The van der Waals surface area contributed by atoms with E-state index >= 15 is 0 Å². The number of hydrogen-bond acceptors (Lipinski definition) is 6. The lowest BCUT2D eigenvalue weighted by Gasteiger charge is -2.09. The molecule has 0 radical (unpaired) electrons. The predicted molar refractivity (Wildman–Crippen MR) is 104 cm³/mol. The molecule has 0 aliphatic rings. The van der Waals surface area contributed by atoms with Crippen LogP contribution in [0.1, 0.15) is 0 Å². The highest BCUT2D eigenvalue weighted by molar-refractivity contribution is 8.01. The fraction of sp³-hybridized carbons (Fsp3) is 0.111. The summed E-state index contributed by atoms with van der Waals surface area (Å²) >= 11 is 2.76. The van der Waals surface area contributed by atoms with Gasteiger partial charge in [0.15, 0.2) is 4.34 Å². The third kappa shape index (κ3) is 4.32. The predicted octanol–water partition coefficient (Wildman–Crippen LogP) is 4.13. The molecule has 1 amide bonds. The molecule has 128 valence electrons. The molecule has 0 bridgehead atoms. The van der Waals surface area contributed by atoms with Crippen molar-refractivity contribution < 1.29 is 9.53 Å². The van der Waals surface area contributed by atoms with Crippen molar-refractivity contribution in [1.29, 1.82) is 0 Å². The van der Waals surface area contributed by atoms with Crippen LogP contribution < -0.4 is 15.8 Å². The second-order valence-electron chi connectivity index (χ2n) is 5.10. The number of anilines is 2. The van der Waals surface area contributed by atoms with Crippen molar-refractivity contribution in [2.45, 2.75) is 4.34 Å². The lowest BCUT2D eigenvalue weighted by molar-refractivity contribution is -0.113. The Bertz CT molecular complexity index is 866. The molecule has 0 unspecified atom stereocenters. The molecule has 0 aliphatic carbocycles. The van der Waals surface area contributed by atoms with Crippen LogP contribution in [0.4, 0.5) is 10.7 Å². The normalized spacial score (nSPS) is 10.4. The maximum absolute atomic E-state index is 12.2. The van der Waals surface area contributed by atoms with Crippen molar-refractivity contribution in [2.75, 3.05) is 23.9 Å². The minimum Gasteiger partial charge on any atom is -0.495 e. The third-order valence-electron chi connectivity index (χ3n) is 3.39. The van der Waals surface area contributed by atoms with Gasteiger partial charge < -0.3 is 15.8 Å². The first kappa shape index (κ1) is 17.3. The number of methoxy groups -OCH3 is 1. The number of para-hydroxylation sites is 2. The molecule has 1 heterocycles. The Hall–Kier alpha value is -2.51. The summed E-state index contributed by atoms with van der Waals surface area (Å²) < 4.78 is 6.00. The van der Waals surface area contributed by atoms with E-state index in [0.29, 0.717) is 16.4 Å². The van der Waals surface area contributed by atoms with E-state index in [0.717, 1.165) is 15.6 Å². The number of carbonyl (C=O) groups excluding carboxylic acids is 1. The van der Waals surface area contributed by atoms with Crippen LogP contribution >= 0.6 is 23.1 Å². The zero-order valence-electron chi connectivity index (χ0n) is 13.6. The van der Waals surface area contributed by atoms with Crippen LogP contribution in [0, 0.1) is 0 Å². The number of nitrogens with one attached hydrogen (secondary N) is 1. The van der Waals surface area contributed by atoms with Crippen LogP contribution in [-0.2, 0) is 4.79 Å². The number of nitrogens with zero attached hydrogens (tertiary/aromatic N) is 1. The van der Waals surface area contributed by atoms with Crippen LogP contribution in [0.25, 0.3) is 11.3 Å². The number of ether oxygens (including phenoxy) is 1. The highest BCUT2D eigenvalue weighted by Crippen LogP contribution is 2.35. The Balaban J connectivity index is 1.63. The van der Waals surface area contributed by atoms with Crippen LogP contribution in [0.2, 0.25) is 0 Å². The molecule has 3 N–H and O–H groups in total. The van der Waals surface area contributed by atoms with Gasteiger partial charge in [-0.15, -0.1) is 0 Å². The molecule has 0 atom stereocenters. The van der Waals surface area contributed by atoms with Gasteiger partial charge in [0.1, 0.15) is 16.4 Å². The van der Waals surface area contributed by atoms with Gasteiger partial charge in [-0.1, -0.05) is 65.6 Å². The van der Waals surface area contributed by atoms with Crippen molar-refractivity contribution in [3.05, 3.63) is 54.6 Å². The van der Waals surface area contributed by atoms with Crippen LogP contribution in [0.3, 0.4) is 0 Å². The Morgan fingerprint density at radius 1 is 1.20 bits per heavy atom. The molecule has 25 heavy (non-hydrogen) atoms. The Kier molecular flexibility index (Phi) is 5.57. The summed E-state index contributed by atoms with van der Waals surface area (Å²) in [6.07, 6.45) is 0. The molecule has 0 saturated carbocycles. The number of nitrogen functional groups attached to an aromatic ring is 1. The number of hydrogen-bond donors (Lipinski definition) is 2. The molecule has 2 aromatic carbocycles. The van der Waals surface area contributed by atoms with E-state index in [1.165, 1.54) is 23.1 Å². The number of amides is 1. The summed E-state index contributed by atoms with van der Waals surface area (Å²) in [6.45, 7) is 0. The second-order valence-corrected chi connectivity index (χ2v) is 7.35. The number of aromatic nitrogens is 1. The average molecular weight is 371 g/mol. The van der Waals surface area contributed by atoms with E-state index in [4.69, 9.17) is 10.5 Å². The number of carbonyl (C=O) groups is 1. The molecule has 5 nitrogen and oxygen atoms in total. The topological polar surface area (TPSA) is 77.2 Å². The maximum Gasteiger partial charge on any atom is 0.234 e. The molecular weight excluding hydrogens is 354 g/mol. The summed E-state index contributed by atoms with van der Waals surface area (Å²) in [5.41, 5.74) is 8.45. The summed E-state index contributed by atoms with van der Waals surface area (Å²) in [6, 6.07) is 17.1. The van der Waals surface area contributed by atoms with Gasteiger partial charge in [0, 0.05) is 5.56 Å². The van der Waals surface area contributed by atoms with Gasteiger partial charge in [-0.05, 0) is 12.1 Å². The Labute approximate surface area is 154 Å². The SMILES string of the molecule is COc1ccccc1NC(=O)CSc1nc(-c2ccccc2)c(N)s1. The minimum atomic E-state index is -0.121. The summed E-state index contributed by atoms with van der Waals surface area (Å²) in [4.78, 5) is 16.7. The number of thioether (sulfide) groups is 1.